The van der Waals surface area contributed by atoms with E-state index in [0.29, 0.717) is 13.2 Å². The molecule has 0 unspecified atom stereocenters. The third-order valence-electron chi connectivity index (χ3n) is 3.96. The fourth-order valence-electron chi connectivity index (χ4n) is 2.55. The summed E-state index contributed by atoms with van der Waals surface area (Å²) in [6.07, 6.45) is -0.137. The normalized spacial score (nSPS) is 15.5. The molecule has 0 N–H and O–H groups in total. The fraction of sp³-hybridized carbons (Fsp3) is 0.529. The molecule has 23 heavy (non-hydrogen) atoms. The Morgan fingerprint density at radius 2 is 1.91 bits per heavy atom. The van der Waals surface area contributed by atoms with Crippen LogP contribution in [0.15, 0.2) is 18.2 Å². The highest BCUT2D eigenvalue weighted by Crippen LogP contribution is 2.23. The molecular weight excluding hydrogens is 316 g/mol. The summed E-state index contributed by atoms with van der Waals surface area (Å²) >= 11 is 6.19. The number of hydrogen-bond acceptors (Lipinski definition) is 5. The van der Waals surface area contributed by atoms with Gasteiger partial charge < -0.3 is 9.64 Å². The lowest BCUT2D eigenvalue weighted by atomic mass is 10.2. The highest BCUT2D eigenvalue weighted by molar-refractivity contribution is 6.31. The summed E-state index contributed by atoms with van der Waals surface area (Å²) in [7, 11) is 0. The van der Waals surface area contributed by atoms with Crippen molar-refractivity contribution >= 4 is 29.0 Å². The van der Waals surface area contributed by atoms with E-state index in [1.165, 1.54) is 6.92 Å². The molecule has 5 nitrogen and oxygen atoms in total. The number of ketones is 1. The van der Waals surface area contributed by atoms with Crippen LogP contribution in [0.25, 0.3) is 0 Å². The number of carbonyl (C=O) groups is 2. The predicted molar refractivity (Wildman–Crippen MR) is 91.1 cm³/mol. The second-order valence-electron chi connectivity index (χ2n) is 5.86. The minimum absolute atomic E-state index is 0.137. The van der Waals surface area contributed by atoms with E-state index in [4.69, 9.17) is 16.3 Å². The average Bonchev–Trinajstić information content (AvgIpc) is 2.50. The van der Waals surface area contributed by atoms with Gasteiger partial charge in [0.15, 0.2) is 0 Å². The summed E-state index contributed by atoms with van der Waals surface area (Å²) < 4.78 is 5.06. The first kappa shape index (κ1) is 17.8. The van der Waals surface area contributed by atoms with Crippen LogP contribution in [0.4, 0.5) is 5.69 Å². The van der Waals surface area contributed by atoms with Crippen LogP contribution in [0.1, 0.15) is 18.9 Å². The maximum atomic E-state index is 11.3. The van der Waals surface area contributed by atoms with E-state index in [2.05, 4.69) is 15.9 Å². The van der Waals surface area contributed by atoms with Crippen molar-refractivity contribution in [1.29, 1.82) is 0 Å². The van der Waals surface area contributed by atoms with Crippen LogP contribution in [0, 0.1) is 6.92 Å². The van der Waals surface area contributed by atoms with Crippen molar-refractivity contribution in [3.05, 3.63) is 28.8 Å². The molecule has 1 saturated heterocycles. The molecule has 1 aliphatic rings. The van der Waals surface area contributed by atoms with Crippen molar-refractivity contribution in [1.82, 2.24) is 4.90 Å². The topological polar surface area (TPSA) is 49.9 Å². The molecule has 0 spiro atoms. The lowest BCUT2D eigenvalue weighted by Gasteiger charge is -2.36. The third kappa shape index (κ3) is 5.52. The molecule has 0 radical (unpaired) electrons. The first-order valence-corrected chi connectivity index (χ1v) is 8.22. The van der Waals surface area contributed by atoms with Crippen LogP contribution in [0.2, 0.25) is 5.02 Å². The van der Waals surface area contributed by atoms with Gasteiger partial charge in [-0.2, -0.15) is 0 Å². The van der Waals surface area contributed by atoms with Crippen molar-refractivity contribution in [2.24, 2.45) is 0 Å². The standard InChI is InChI=1S/C17H23ClN2O3/c1-13-3-4-15(12-16(13)18)20-7-5-19(6-8-20)9-10-23-17(22)11-14(2)21/h3-4,12H,5-11H2,1-2H3. The molecule has 6 heteroatoms. The summed E-state index contributed by atoms with van der Waals surface area (Å²) in [6.45, 7) is 8.08. The SMILES string of the molecule is CC(=O)CC(=O)OCCN1CCN(c2ccc(C)c(Cl)c2)CC1. The number of Topliss-reactive ketones (excluding diaryl/α,β-unsaturated/α-hetero) is 1. The Hall–Kier alpha value is -1.59. The lowest BCUT2D eigenvalue weighted by molar-refractivity contribution is -0.146. The average molecular weight is 339 g/mol. The highest BCUT2D eigenvalue weighted by atomic mass is 35.5. The van der Waals surface area contributed by atoms with Crippen LogP contribution in [0.5, 0.6) is 0 Å². The number of aryl methyl sites for hydroxylation is 1. The van der Waals surface area contributed by atoms with Crippen molar-refractivity contribution in [3.8, 4) is 0 Å². The van der Waals surface area contributed by atoms with E-state index in [-0.39, 0.29) is 12.2 Å². The number of esters is 1. The van der Waals surface area contributed by atoms with E-state index >= 15 is 0 Å². The zero-order valence-corrected chi connectivity index (χ0v) is 14.4. The van der Waals surface area contributed by atoms with Gasteiger partial charge in [0, 0.05) is 43.4 Å². The Kier molecular flexibility index (Phi) is 6.42. The molecule has 0 amide bonds. The zero-order valence-electron chi connectivity index (χ0n) is 13.7. The van der Waals surface area contributed by atoms with Gasteiger partial charge in [-0.3, -0.25) is 14.5 Å². The number of nitrogens with zero attached hydrogens (tertiary/aromatic N) is 2. The van der Waals surface area contributed by atoms with Gasteiger partial charge in [0.1, 0.15) is 18.8 Å². The van der Waals surface area contributed by atoms with Crippen LogP contribution >= 0.6 is 11.6 Å². The van der Waals surface area contributed by atoms with Gasteiger partial charge >= 0.3 is 5.97 Å². The van der Waals surface area contributed by atoms with E-state index < -0.39 is 5.97 Å². The molecule has 0 aliphatic carbocycles. The van der Waals surface area contributed by atoms with Crippen LogP contribution in [-0.4, -0.2) is 56.0 Å². The van der Waals surface area contributed by atoms with Gasteiger partial charge in [0.25, 0.3) is 0 Å². The minimum atomic E-state index is -0.439. The Morgan fingerprint density at radius 3 is 2.52 bits per heavy atom. The van der Waals surface area contributed by atoms with E-state index in [1.54, 1.807) is 0 Å². The van der Waals surface area contributed by atoms with Crippen molar-refractivity contribution < 1.29 is 14.3 Å². The number of carbonyl (C=O) groups excluding carboxylic acids is 2. The van der Waals surface area contributed by atoms with Crippen LogP contribution < -0.4 is 4.90 Å². The summed E-state index contributed by atoms with van der Waals surface area (Å²) in [6, 6.07) is 6.15. The molecule has 0 aromatic heterocycles. The Balaban J connectivity index is 1.72. The third-order valence-corrected chi connectivity index (χ3v) is 4.36. The lowest BCUT2D eigenvalue weighted by Crippen LogP contribution is -2.47. The fourth-order valence-corrected chi connectivity index (χ4v) is 2.73. The quantitative estimate of drug-likeness (QED) is 0.588. The van der Waals surface area contributed by atoms with Crippen molar-refractivity contribution in [3.63, 3.8) is 0 Å². The largest absolute Gasteiger partial charge is 0.464 e. The van der Waals surface area contributed by atoms with Gasteiger partial charge in [-0.25, -0.2) is 0 Å². The number of anilines is 1. The molecule has 1 aromatic carbocycles. The first-order chi connectivity index (χ1) is 11.0. The number of benzene rings is 1. The number of ether oxygens (including phenoxy) is 1. The maximum Gasteiger partial charge on any atom is 0.313 e. The molecule has 1 fully saturated rings. The Bertz CT molecular complexity index is 569. The molecule has 126 valence electrons. The van der Waals surface area contributed by atoms with Gasteiger partial charge in [0.05, 0.1) is 0 Å². The van der Waals surface area contributed by atoms with Crippen LogP contribution in [0.3, 0.4) is 0 Å². The summed E-state index contributed by atoms with van der Waals surface area (Å²) in [5.74, 6) is -0.606. The molecule has 0 atom stereocenters. The maximum absolute atomic E-state index is 11.3. The first-order valence-electron chi connectivity index (χ1n) is 7.84. The number of halogens is 1. The predicted octanol–water partition coefficient (Wildman–Crippen LogP) is 2.29. The summed E-state index contributed by atoms with van der Waals surface area (Å²) in [5.41, 5.74) is 2.23. The Labute approximate surface area is 142 Å². The molecule has 1 aromatic rings. The van der Waals surface area contributed by atoms with Gasteiger partial charge in [-0.1, -0.05) is 17.7 Å². The smallest absolute Gasteiger partial charge is 0.313 e. The molecule has 0 saturated carbocycles. The molecule has 0 bridgehead atoms. The second kappa shape index (κ2) is 8.31. The van der Waals surface area contributed by atoms with E-state index in [1.807, 2.05) is 19.1 Å². The molecule has 1 heterocycles. The van der Waals surface area contributed by atoms with Crippen molar-refractivity contribution in [2.45, 2.75) is 20.3 Å². The monoisotopic (exact) mass is 338 g/mol. The van der Waals surface area contributed by atoms with Crippen molar-refractivity contribution in [2.75, 3.05) is 44.2 Å². The van der Waals surface area contributed by atoms with E-state index in [0.717, 1.165) is 42.5 Å². The molecular formula is C17H23ClN2O3. The van der Waals surface area contributed by atoms with Gasteiger partial charge in [-0.15, -0.1) is 0 Å². The molecule has 2 rings (SSSR count). The zero-order chi connectivity index (χ0) is 16.8. The van der Waals surface area contributed by atoms with Crippen LogP contribution in [-0.2, 0) is 14.3 Å². The minimum Gasteiger partial charge on any atom is -0.464 e. The summed E-state index contributed by atoms with van der Waals surface area (Å²) in [4.78, 5) is 26.7. The van der Waals surface area contributed by atoms with Gasteiger partial charge in [0.2, 0.25) is 0 Å². The Morgan fingerprint density at radius 1 is 1.22 bits per heavy atom. The number of rotatable bonds is 6. The number of hydrogen-bond donors (Lipinski definition) is 0. The summed E-state index contributed by atoms with van der Waals surface area (Å²) in [5, 5.41) is 0.794. The van der Waals surface area contributed by atoms with Gasteiger partial charge in [-0.05, 0) is 31.5 Å². The van der Waals surface area contributed by atoms with E-state index in [9.17, 15) is 9.59 Å². The molecule has 1 aliphatic heterocycles. The number of piperazine rings is 1. The second-order valence-corrected chi connectivity index (χ2v) is 6.27. The highest BCUT2D eigenvalue weighted by Gasteiger charge is 2.18.